The van der Waals surface area contributed by atoms with Crippen LogP contribution in [0.5, 0.6) is 0 Å². The second-order valence-corrected chi connectivity index (χ2v) is 3.68. The smallest absolute Gasteiger partial charge is 0.293 e. The van der Waals surface area contributed by atoms with E-state index in [-0.39, 0.29) is 11.3 Å². The lowest BCUT2D eigenvalue weighted by atomic mass is 10.2. The van der Waals surface area contributed by atoms with Gasteiger partial charge in [0.1, 0.15) is 12.0 Å². The van der Waals surface area contributed by atoms with E-state index >= 15 is 0 Å². The van der Waals surface area contributed by atoms with Crippen LogP contribution in [0.1, 0.15) is 10.4 Å². The van der Waals surface area contributed by atoms with Crippen molar-refractivity contribution in [2.45, 2.75) is 0 Å². The van der Waals surface area contributed by atoms with E-state index in [4.69, 9.17) is 0 Å². The van der Waals surface area contributed by atoms with Crippen molar-refractivity contribution < 1.29 is 9.72 Å². The summed E-state index contributed by atoms with van der Waals surface area (Å²) in [5.74, 6) is 0. The standard InChI is InChI=1S/C11H10N4O3/c1-14-6-9(5-12-14)13-10-3-2-8(7-16)4-11(10)15(17)18/h2-7,13H,1H3. The summed E-state index contributed by atoms with van der Waals surface area (Å²) in [6.45, 7) is 0. The molecule has 7 nitrogen and oxygen atoms in total. The minimum absolute atomic E-state index is 0.150. The Hall–Kier alpha value is -2.70. The van der Waals surface area contributed by atoms with Crippen molar-refractivity contribution in [2.75, 3.05) is 5.32 Å². The molecular weight excluding hydrogens is 236 g/mol. The summed E-state index contributed by atoms with van der Waals surface area (Å²) in [4.78, 5) is 21.0. The van der Waals surface area contributed by atoms with Crippen LogP contribution in [-0.4, -0.2) is 21.0 Å². The van der Waals surface area contributed by atoms with Crippen LogP contribution in [0.15, 0.2) is 30.6 Å². The summed E-state index contributed by atoms with van der Waals surface area (Å²) in [5.41, 5.74) is 1.07. The molecule has 1 heterocycles. The fraction of sp³-hybridized carbons (Fsp3) is 0.0909. The SMILES string of the molecule is Cn1cc(Nc2ccc(C=O)cc2[N+](=O)[O-])cn1. The van der Waals surface area contributed by atoms with Crippen LogP contribution in [-0.2, 0) is 7.05 Å². The van der Waals surface area contributed by atoms with Gasteiger partial charge in [-0.2, -0.15) is 5.10 Å². The third kappa shape index (κ3) is 2.34. The fourth-order valence-corrected chi connectivity index (χ4v) is 1.52. The first kappa shape index (κ1) is 11.8. The van der Waals surface area contributed by atoms with Crippen LogP contribution in [0.2, 0.25) is 0 Å². The maximum absolute atomic E-state index is 10.9. The molecule has 0 unspecified atom stereocenters. The molecule has 0 atom stereocenters. The molecule has 1 aromatic heterocycles. The Bertz CT molecular complexity index is 606. The third-order valence-corrected chi connectivity index (χ3v) is 2.34. The van der Waals surface area contributed by atoms with Gasteiger partial charge in [0, 0.05) is 24.9 Å². The first-order valence-corrected chi connectivity index (χ1v) is 5.09. The van der Waals surface area contributed by atoms with Crippen molar-refractivity contribution in [2.24, 2.45) is 7.05 Å². The first-order valence-electron chi connectivity index (χ1n) is 5.09. The zero-order valence-electron chi connectivity index (χ0n) is 9.53. The number of carbonyl (C=O) groups excluding carboxylic acids is 1. The van der Waals surface area contributed by atoms with Gasteiger partial charge in [-0.3, -0.25) is 19.6 Å². The highest BCUT2D eigenvalue weighted by molar-refractivity contribution is 5.80. The van der Waals surface area contributed by atoms with E-state index in [1.807, 2.05) is 0 Å². The average molecular weight is 246 g/mol. The number of carbonyl (C=O) groups is 1. The summed E-state index contributed by atoms with van der Waals surface area (Å²) in [5, 5.41) is 17.7. The van der Waals surface area contributed by atoms with Crippen LogP contribution in [0.4, 0.5) is 17.1 Å². The molecule has 0 fully saturated rings. The Balaban J connectivity index is 2.37. The van der Waals surface area contributed by atoms with Crippen molar-refractivity contribution in [3.8, 4) is 0 Å². The van der Waals surface area contributed by atoms with Crippen molar-refractivity contribution in [1.82, 2.24) is 9.78 Å². The molecule has 92 valence electrons. The third-order valence-electron chi connectivity index (χ3n) is 2.34. The van der Waals surface area contributed by atoms with Crippen molar-refractivity contribution in [3.63, 3.8) is 0 Å². The van der Waals surface area contributed by atoms with Crippen molar-refractivity contribution in [3.05, 3.63) is 46.3 Å². The summed E-state index contributed by atoms with van der Waals surface area (Å²) in [6, 6.07) is 4.24. The second kappa shape index (κ2) is 4.66. The van der Waals surface area contributed by atoms with Gasteiger partial charge in [0.15, 0.2) is 0 Å². The lowest BCUT2D eigenvalue weighted by molar-refractivity contribution is -0.383. The fourth-order valence-electron chi connectivity index (χ4n) is 1.52. The molecule has 0 aliphatic rings. The predicted octanol–water partition coefficient (Wildman–Crippen LogP) is 1.88. The van der Waals surface area contributed by atoms with E-state index < -0.39 is 4.92 Å². The van der Waals surface area contributed by atoms with Gasteiger partial charge in [0.05, 0.1) is 16.8 Å². The van der Waals surface area contributed by atoms with E-state index in [9.17, 15) is 14.9 Å². The first-order chi connectivity index (χ1) is 8.60. The summed E-state index contributed by atoms with van der Waals surface area (Å²) in [6.07, 6.45) is 3.82. The number of aromatic nitrogens is 2. The van der Waals surface area contributed by atoms with Gasteiger partial charge in [-0.05, 0) is 12.1 Å². The maximum Gasteiger partial charge on any atom is 0.293 e. The molecule has 0 bridgehead atoms. The Morgan fingerprint density at radius 2 is 2.28 bits per heavy atom. The zero-order chi connectivity index (χ0) is 13.1. The molecule has 0 radical (unpaired) electrons. The molecule has 1 aromatic carbocycles. The van der Waals surface area contributed by atoms with Gasteiger partial charge in [0.2, 0.25) is 0 Å². The minimum Gasteiger partial charge on any atom is -0.347 e. The monoisotopic (exact) mass is 246 g/mol. The summed E-state index contributed by atoms with van der Waals surface area (Å²) in [7, 11) is 1.75. The number of hydrogen-bond donors (Lipinski definition) is 1. The number of anilines is 2. The average Bonchev–Trinajstić information content (AvgIpc) is 2.75. The number of aldehydes is 1. The van der Waals surface area contributed by atoms with E-state index in [0.717, 1.165) is 0 Å². The molecule has 0 spiro atoms. The maximum atomic E-state index is 10.9. The molecule has 2 aromatic rings. The lowest BCUT2D eigenvalue weighted by Gasteiger charge is -2.04. The Morgan fingerprint density at radius 1 is 1.50 bits per heavy atom. The largest absolute Gasteiger partial charge is 0.347 e. The summed E-state index contributed by atoms with van der Waals surface area (Å²) < 4.78 is 1.58. The van der Waals surface area contributed by atoms with Crippen LogP contribution in [0.3, 0.4) is 0 Å². The van der Waals surface area contributed by atoms with Crippen molar-refractivity contribution >= 4 is 23.3 Å². The molecule has 7 heteroatoms. The van der Waals surface area contributed by atoms with Gasteiger partial charge in [-0.1, -0.05) is 0 Å². The van der Waals surface area contributed by atoms with Crippen LogP contribution in [0, 0.1) is 10.1 Å². The predicted molar refractivity (Wildman–Crippen MR) is 65.0 cm³/mol. The molecule has 0 aliphatic carbocycles. The molecule has 2 rings (SSSR count). The molecule has 0 saturated heterocycles. The van der Waals surface area contributed by atoms with Crippen LogP contribution >= 0.6 is 0 Å². The Labute approximate surface area is 102 Å². The van der Waals surface area contributed by atoms with Gasteiger partial charge < -0.3 is 5.32 Å². The number of nitrogens with one attached hydrogen (secondary N) is 1. The molecule has 0 aliphatic heterocycles. The highest BCUT2D eigenvalue weighted by atomic mass is 16.6. The number of nitro groups is 1. The summed E-state index contributed by atoms with van der Waals surface area (Å²) >= 11 is 0. The minimum atomic E-state index is -0.536. The molecule has 18 heavy (non-hydrogen) atoms. The number of nitrogens with zero attached hydrogens (tertiary/aromatic N) is 3. The topological polar surface area (TPSA) is 90.1 Å². The number of aryl methyl sites for hydroxylation is 1. The van der Waals surface area contributed by atoms with E-state index in [1.165, 1.54) is 18.2 Å². The normalized spacial score (nSPS) is 10.1. The number of rotatable bonds is 4. The molecule has 0 saturated carbocycles. The van der Waals surface area contributed by atoms with Gasteiger partial charge in [-0.15, -0.1) is 0 Å². The quantitative estimate of drug-likeness (QED) is 0.505. The molecule has 1 N–H and O–H groups in total. The second-order valence-electron chi connectivity index (χ2n) is 3.68. The number of hydrogen-bond acceptors (Lipinski definition) is 5. The molecule has 0 amide bonds. The van der Waals surface area contributed by atoms with E-state index in [1.54, 1.807) is 24.1 Å². The Morgan fingerprint density at radius 3 is 2.83 bits per heavy atom. The van der Waals surface area contributed by atoms with E-state index in [0.29, 0.717) is 17.7 Å². The van der Waals surface area contributed by atoms with Gasteiger partial charge >= 0.3 is 0 Å². The zero-order valence-corrected chi connectivity index (χ0v) is 9.53. The number of nitro benzene ring substituents is 1. The molecular formula is C11H10N4O3. The highest BCUT2D eigenvalue weighted by Crippen LogP contribution is 2.27. The number of benzene rings is 1. The highest BCUT2D eigenvalue weighted by Gasteiger charge is 2.15. The van der Waals surface area contributed by atoms with Crippen molar-refractivity contribution in [1.29, 1.82) is 0 Å². The Kier molecular flexibility index (Phi) is 3.05. The van der Waals surface area contributed by atoms with Gasteiger partial charge in [0.25, 0.3) is 5.69 Å². The van der Waals surface area contributed by atoms with E-state index in [2.05, 4.69) is 10.4 Å². The van der Waals surface area contributed by atoms with Gasteiger partial charge in [-0.25, -0.2) is 0 Å². The van der Waals surface area contributed by atoms with Crippen LogP contribution < -0.4 is 5.32 Å². The lowest BCUT2D eigenvalue weighted by Crippen LogP contribution is -1.97. The van der Waals surface area contributed by atoms with Crippen LogP contribution in [0.25, 0.3) is 0 Å².